The molecule has 0 aliphatic carbocycles. The summed E-state index contributed by atoms with van der Waals surface area (Å²) >= 11 is 0. The maximum absolute atomic E-state index is 10.2. The molecule has 0 aromatic heterocycles. The molecule has 0 aromatic carbocycles. The first-order valence-corrected chi connectivity index (χ1v) is 4.85. The van der Waals surface area contributed by atoms with E-state index in [1.807, 2.05) is 13.8 Å². The largest absolute Gasteiger partial charge is 0.478 e. The van der Waals surface area contributed by atoms with Gasteiger partial charge in [0, 0.05) is 25.7 Å². The molecule has 0 spiro atoms. The average Bonchev–Trinajstić information content (AvgIpc) is 2.01. The summed E-state index contributed by atoms with van der Waals surface area (Å²) in [5.74, 6) is -0.889. The fourth-order valence-corrected chi connectivity index (χ4v) is 1.74. The van der Waals surface area contributed by atoms with E-state index in [4.69, 9.17) is 9.84 Å². The molecule has 0 saturated carbocycles. The van der Waals surface area contributed by atoms with Gasteiger partial charge in [-0.05, 0) is 13.8 Å². The molecule has 1 aliphatic rings. The Morgan fingerprint density at radius 3 is 2.57 bits per heavy atom. The summed E-state index contributed by atoms with van der Waals surface area (Å²) in [4.78, 5) is 12.4. The number of hydrogen-bond acceptors (Lipinski definition) is 3. The summed E-state index contributed by atoms with van der Waals surface area (Å²) in [5, 5.41) is 8.42. The van der Waals surface area contributed by atoms with Crippen LogP contribution in [0.2, 0.25) is 0 Å². The second-order valence-electron chi connectivity index (χ2n) is 3.72. The number of nitrogens with zero attached hydrogens (tertiary/aromatic N) is 1. The molecule has 4 nitrogen and oxygen atoms in total. The summed E-state index contributed by atoms with van der Waals surface area (Å²) in [5.41, 5.74) is 0. The lowest BCUT2D eigenvalue weighted by Gasteiger charge is -2.34. The molecular weight excluding hydrogens is 182 g/mol. The Kier molecular flexibility index (Phi) is 4.10. The third kappa shape index (κ3) is 3.89. The molecule has 4 heteroatoms. The van der Waals surface area contributed by atoms with E-state index in [-0.39, 0.29) is 12.2 Å². The van der Waals surface area contributed by atoms with E-state index in [9.17, 15) is 4.79 Å². The van der Waals surface area contributed by atoms with Crippen molar-refractivity contribution in [3.63, 3.8) is 0 Å². The molecule has 0 bridgehead atoms. The van der Waals surface area contributed by atoms with Crippen molar-refractivity contribution in [3.8, 4) is 0 Å². The summed E-state index contributed by atoms with van der Waals surface area (Å²) < 4.78 is 5.56. The van der Waals surface area contributed by atoms with Gasteiger partial charge in [0.15, 0.2) is 0 Å². The van der Waals surface area contributed by atoms with Gasteiger partial charge in [0.1, 0.15) is 0 Å². The molecule has 1 aliphatic heterocycles. The molecule has 1 heterocycles. The van der Waals surface area contributed by atoms with Crippen molar-refractivity contribution in [3.05, 3.63) is 12.2 Å². The van der Waals surface area contributed by atoms with Crippen LogP contribution in [0.1, 0.15) is 13.8 Å². The zero-order valence-electron chi connectivity index (χ0n) is 8.64. The van der Waals surface area contributed by atoms with Crippen LogP contribution in [0, 0.1) is 0 Å². The number of carboxylic acid groups (broad SMARTS) is 1. The summed E-state index contributed by atoms with van der Waals surface area (Å²) in [6, 6.07) is 0. The maximum Gasteiger partial charge on any atom is 0.328 e. The van der Waals surface area contributed by atoms with Crippen LogP contribution in [0.4, 0.5) is 0 Å². The van der Waals surface area contributed by atoms with Crippen LogP contribution >= 0.6 is 0 Å². The lowest BCUT2D eigenvalue weighted by atomic mass is 10.2. The Bertz CT molecular complexity index is 217. The second-order valence-corrected chi connectivity index (χ2v) is 3.72. The van der Waals surface area contributed by atoms with Crippen LogP contribution in [-0.2, 0) is 9.53 Å². The highest BCUT2D eigenvalue weighted by molar-refractivity contribution is 5.79. The van der Waals surface area contributed by atoms with Crippen LogP contribution < -0.4 is 0 Å². The first-order chi connectivity index (χ1) is 6.58. The van der Waals surface area contributed by atoms with Crippen LogP contribution in [0.3, 0.4) is 0 Å². The summed E-state index contributed by atoms with van der Waals surface area (Å²) in [6.07, 6.45) is 3.33. The van der Waals surface area contributed by atoms with E-state index in [0.717, 1.165) is 13.1 Å². The molecule has 1 saturated heterocycles. The Morgan fingerprint density at radius 1 is 1.50 bits per heavy atom. The van der Waals surface area contributed by atoms with Gasteiger partial charge >= 0.3 is 5.97 Å². The Morgan fingerprint density at radius 2 is 2.07 bits per heavy atom. The zero-order valence-corrected chi connectivity index (χ0v) is 8.64. The van der Waals surface area contributed by atoms with Crippen LogP contribution in [0.15, 0.2) is 12.2 Å². The maximum atomic E-state index is 10.2. The van der Waals surface area contributed by atoms with Gasteiger partial charge in [-0.1, -0.05) is 6.08 Å². The molecule has 1 N–H and O–H groups in total. The van der Waals surface area contributed by atoms with E-state index in [1.165, 1.54) is 6.08 Å². The van der Waals surface area contributed by atoms with E-state index in [0.29, 0.717) is 6.54 Å². The predicted molar refractivity (Wildman–Crippen MR) is 53.2 cm³/mol. The second kappa shape index (κ2) is 5.12. The van der Waals surface area contributed by atoms with Crippen LogP contribution in [0.25, 0.3) is 0 Å². The van der Waals surface area contributed by atoms with Crippen molar-refractivity contribution >= 4 is 5.97 Å². The van der Waals surface area contributed by atoms with E-state index < -0.39 is 5.97 Å². The SMILES string of the molecule is CC1CN(CC=CC(=O)O)CC(C)O1. The van der Waals surface area contributed by atoms with E-state index in [2.05, 4.69) is 4.90 Å². The van der Waals surface area contributed by atoms with Crippen molar-refractivity contribution in [1.82, 2.24) is 4.90 Å². The summed E-state index contributed by atoms with van der Waals surface area (Å²) in [6.45, 7) is 6.49. The van der Waals surface area contributed by atoms with Gasteiger partial charge in [-0.25, -0.2) is 4.79 Å². The van der Waals surface area contributed by atoms with Crippen molar-refractivity contribution in [2.24, 2.45) is 0 Å². The number of hydrogen-bond donors (Lipinski definition) is 1. The third-order valence-electron chi connectivity index (χ3n) is 2.12. The van der Waals surface area contributed by atoms with Gasteiger partial charge < -0.3 is 9.84 Å². The van der Waals surface area contributed by atoms with Gasteiger partial charge in [-0.3, -0.25) is 4.90 Å². The molecule has 0 amide bonds. The quantitative estimate of drug-likeness (QED) is 0.681. The minimum absolute atomic E-state index is 0.233. The van der Waals surface area contributed by atoms with Crippen molar-refractivity contribution in [2.75, 3.05) is 19.6 Å². The fourth-order valence-electron chi connectivity index (χ4n) is 1.74. The zero-order chi connectivity index (χ0) is 10.6. The predicted octanol–water partition coefficient (Wildman–Crippen LogP) is 0.736. The molecule has 80 valence electrons. The molecule has 1 rings (SSSR count). The van der Waals surface area contributed by atoms with Crippen molar-refractivity contribution < 1.29 is 14.6 Å². The normalized spacial score (nSPS) is 29.6. The number of ether oxygens (including phenoxy) is 1. The molecular formula is C10H17NO3. The number of rotatable bonds is 3. The highest BCUT2D eigenvalue weighted by Gasteiger charge is 2.20. The Hall–Kier alpha value is -0.870. The van der Waals surface area contributed by atoms with Gasteiger partial charge in [-0.15, -0.1) is 0 Å². The highest BCUT2D eigenvalue weighted by atomic mass is 16.5. The molecule has 2 unspecified atom stereocenters. The highest BCUT2D eigenvalue weighted by Crippen LogP contribution is 2.09. The number of carboxylic acids is 1. The number of morpholine rings is 1. The minimum atomic E-state index is -0.889. The molecule has 1 fully saturated rings. The van der Waals surface area contributed by atoms with Crippen molar-refractivity contribution in [2.45, 2.75) is 26.1 Å². The van der Waals surface area contributed by atoms with Gasteiger partial charge in [0.05, 0.1) is 12.2 Å². The smallest absolute Gasteiger partial charge is 0.328 e. The Balaban J connectivity index is 2.33. The minimum Gasteiger partial charge on any atom is -0.478 e. The van der Waals surface area contributed by atoms with E-state index >= 15 is 0 Å². The number of aliphatic carboxylic acids is 1. The standard InChI is InChI=1S/C10H17NO3/c1-8-6-11(7-9(2)14-8)5-3-4-10(12)13/h3-4,8-9H,5-7H2,1-2H3,(H,12,13). The third-order valence-corrected chi connectivity index (χ3v) is 2.12. The molecule has 0 radical (unpaired) electrons. The van der Waals surface area contributed by atoms with Gasteiger partial charge in [0.25, 0.3) is 0 Å². The molecule has 2 atom stereocenters. The lowest BCUT2D eigenvalue weighted by Crippen LogP contribution is -2.45. The van der Waals surface area contributed by atoms with Crippen LogP contribution in [-0.4, -0.2) is 47.8 Å². The first-order valence-electron chi connectivity index (χ1n) is 4.85. The van der Waals surface area contributed by atoms with E-state index in [1.54, 1.807) is 6.08 Å². The fraction of sp³-hybridized carbons (Fsp3) is 0.700. The Labute approximate surface area is 84.2 Å². The molecule has 14 heavy (non-hydrogen) atoms. The monoisotopic (exact) mass is 199 g/mol. The van der Waals surface area contributed by atoms with Crippen LogP contribution in [0.5, 0.6) is 0 Å². The molecule has 0 aromatic rings. The van der Waals surface area contributed by atoms with Gasteiger partial charge in [-0.2, -0.15) is 0 Å². The average molecular weight is 199 g/mol. The number of carbonyl (C=O) groups is 1. The van der Waals surface area contributed by atoms with Gasteiger partial charge in [0.2, 0.25) is 0 Å². The lowest BCUT2D eigenvalue weighted by molar-refractivity contribution is -0.131. The van der Waals surface area contributed by atoms with Crippen molar-refractivity contribution in [1.29, 1.82) is 0 Å². The topological polar surface area (TPSA) is 49.8 Å². The summed E-state index contributed by atoms with van der Waals surface area (Å²) in [7, 11) is 0. The first kappa shape index (κ1) is 11.2.